The van der Waals surface area contributed by atoms with Gasteiger partial charge in [-0.05, 0) is 18.6 Å². The van der Waals surface area contributed by atoms with Crippen molar-refractivity contribution in [1.29, 1.82) is 0 Å². The second-order valence-corrected chi connectivity index (χ2v) is 5.17. The number of hydrogen-bond donors (Lipinski definition) is 1. The van der Waals surface area contributed by atoms with Crippen molar-refractivity contribution in [3.63, 3.8) is 0 Å². The molecule has 0 bridgehead atoms. The van der Waals surface area contributed by atoms with Gasteiger partial charge in [-0.3, -0.25) is 4.79 Å². The second kappa shape index (κ2) is 7.78. The molecule has 2 unspecified atom stereocenters. The molecule has 0 saturated carbocycles. The third-order valence-electron chi connectivity index (χ3n) is 3.81. The lowest BCUT2D eigenvalue weighted by atomic mass is 9.78. The molecule has 1 aromatic carbocycles. The minimum Gasteiger partial charge on any atom is -0.480 e. The maximum atomic E-state index is 14.4. The van der Waals surface area contributed by atoms with Crippen LogP contribution < -0.4 is 5.73 Å². The molecular weight excluding hydrogens is 331 g/mol. The molecule has 2 N–H and O–H groups in total. The molecular formula is C17H19FN2O5. The highest BCUT2D eigenvalue weighted by Gasteiger charge is 2.46. The first-order chi connectivity index (χ1) is 12.0. The first-order valence-electron chi connectivity index (χ1n) is 7.57. The summed E-state index contributed by atoms with van der Waals surface area (Å²) >= 11 is 0. The van der Waals surface area contributed by atoms with Gasteiger partial charge in [-0.15, -0.1) is 0 Å². The molecule has 1 aliphatic heterocycles. The van der Waals surface area contributed by atoms with Crippen molar-refractivity contribution in [1.82, 2.24) is 0 Å². The zero-order valence-corrected chi connectivity index (χ0v) is 14.1. The molecule has 25 heavy (non-hydrogen) atoms. The summed E-state index contributed by atoms with van der Waals surface area (Å²) in [6.45, 7) is 1.90. The fraction of sp³-hybridized carbons (Fsp3) is 0.353. The Bertz CT molecular complexity index is 744. The lowest BCUT2D eigenvalue weighted by Crippen LogP contribution is -2.40. The zero-order valence-electron chi connectivity index (χ0n) is 14.1. The first kappa shape index (κ1) is 18.4. The average molecular weight is 350 g/mol. The van der Waals surface area contributed by atoms with Gasteiger partial charge in [-0.2, -0.15) is 4.99 Å². The summed E-state index contributed by atoms with van der Waals surface area (Å²) in [6, 6.07) is 5.77. The number of carbonyl (C=O) groups excluding carboxylic acids is 2. The van der Waals surface area contributed by atoms with Crippen molar-refractivity contribution in [3.8, 4) is 0 Å². The van der Waals surface area contributed by atoms with Gasteiger partial charge in [-0.1, -0.05) is 18.2 Å². The van der Waals surface area contributed by atoms with Crippen LogP contribution in [0.5, 0.6) is 0 Å². The van der Waals surface area contributed by atoms with E-state index in [0.717, 1.165) is 7.11 Å². The van der Waals surface area contributed by atoms with Gasteiger partial charge in [0, 0.05) is 5.92 Å². The van der Waals surface area contributed by atoms with Gasteiger partial charge >= 0.3 is 11.9 Å². The summed E-state index contributed by atoms with van der Waals surface area (Å²) in [5.74, 6) is -4.61. The predicted molar refractivity (Wildman–Crippen MR) is 86.9 cm³/mol. The van der Waals surface area contributed by atoms with Crippen LogP contribution in [-0.4, -0.2) is 38.7 Å². The number of benzene rings is 1. The van der Waals surface area contributed by atoms with Crippen LogP contribution in [0.1, 0.15) is 18.4 Å². The molecule has 7 nitrogen and oxygen atoms in total. The number of halogens is 1. The predicted octanol–water partition coefficient (Wildman–Crippen LogP) is 1.49. The quantitative estimate of drug-likeness (QED) is 0.826. The molecule has 8 heteroatoms. The van der Waals surface area contributed by atoms with E-state index >= 15 is 0 Å². The van der Waals surface area contributed by atoms with Gasteiger partial charge in [0.25, 0.3) is 0 Å². The summed E-state index contributed by atoms with van der Waals surface area (Å²) in [4.78, 5) is 28.6. The van der Waals surface area contributed by atoms with Gasteiger partial charge in [0.2, 0.25) is 5.90 Å². The lowest BCUT2D eigenvalue weighted by molar-refractivity contribution is -0.144. The van der Waals surface area contributed by atoms with Crippen molar-refractivity contribution in [2.75, 3.05) is 20.8 Å². The highest BCUT2D eigenvalue weighted by molar-refractivity contribution is 6.04. The Balaban J connectivity index is 2.73. The monoisotopic (exact) mass is 350 g/mol. The van der Waals surface area contributed by atoms with E-state index in [4.69, 9.17) is 19.9 Å². The Labute approximate surface area is 144 Å². The van der Waals surface area contributed by atoms with E-state index in [1.165, 1.54) is 25.3 Å². The van der Waals surface area contributed by atoms with Crippen LogP contribution in [0.2, 0.25) is 0 Å². The van der Waals surface area contributed by atoms with E-state index in [0.29, 0.717) is 0 Å². The SMILES string of the molecule is CCOC1=NC(N)=C(C(=O)OC)C(c2ccccc2F)C1C(=O)OC. The molecule has 0 spiro atoms. The third kappa shape index (κ3) is 3.47. The Morgan fingerprint density at radius 1 is 1.24 bits per heavy atom. The maximum absolute atomic E-state index is 14.4. The van der Waals surface area contributed by atoms with Gasteiger partial charge in [0.1, 0.15) is 17.6 Å². The number of hydrogen-bond acceptors (Lipinski definition) is 7. The van der Waals surface area contributed by atoms with E-state index in [1.807, 2.05) is 0 Å². The topological polar surface area (TPSA) is 100 Å². The van der Waals surface area contributed by atoms with Crippen molar-refractivity contribution >= 4 is 17.8 Å². The second-order valence-electron chi connectivity index (χ2n) is 5.17. The normalized spacial score (nSPS) is 19.9. The number of esters is 2. The Hall–Kier alpha value is -2.90. The average Bonchev–Trinajstić information content (AvgIpc) is 2.60. The molecule has 134 valence electrons. The summed E-state index contributed by atoms with van der Waals surface area (Å²) in [5.41, 5.74) is 5.87. The molecule has 1 aromatic rings. The molecule has 0 aromatic heterocycles. The summed E-state index contributed by atoms with van der Waals surface area (Å²) in [5, 5.41) is 0. The minimum atomic E-state index is -1.16. The fourth-order valence-electron chi connectivity index (χ4n) is 2.75. The van der Waals surface area contributed by atoms with Crippen LogP contribution in [0.4, 0.5) is 4.39 Å². The number of nitrogens with zero attached hydrogens (tertiary/aromatic N) is 1. The molecule has 0 fully saturated rings. The zero-order chi connectivity index (χ0) is 18.6. The Morgan fingerprint density at radius 3 is 2.48 bits per heavy atom. The van der Waals surface area contributed by atoms with Crippen molar-refractivity contribution in [3.05, 3.63) is 47.0 Å². The first-order valence-corrected chi connectivity index (χ1v) is 7.57. The van der Waals surface area contributed by atoms with E-state index in [1.54, 1.807) is 13.0 Å². The number of nitrogens with two attached hydrogens (primary N) is 1. The standard InChI is InChI=1S/C17H19FN2O5/c1-4-25-15-13(17(22)24-3)11(9-7-5-6-8-10(9)18)12(14(19)20-15)16(21)23-2/h5-8,11,13H,4,19H2,1-3H3. The molecule has 2 atom stereocenters. The fourth-order valence-corrected chi connectivity index (χ4v) is 2.75. The van der Waals surface area contributed by atoms with Crippen LogP contribution in [0, 0.1) is 11.7 Å². The van der Waals surface area contributed by atoms with Gasteiger partial charge < -0.3 is 19.9 Å². The number of rotatable bonds is 4. The third-order valence-corrected chi connectivity index (χ3v) is 3.81. The van der Waals surface area contributed by atoms with Gasteiger partial charge in [0.05, 0.1) is 26.4 Å². The molecule has 0 aliphatic carbocycles. The van der Waals surface area contributed by atoms with Crippen molar-refractivity contribution in [2.24, 2.45) is 16.6 Å². The summed E-state index contributed by atoms with van der Waals surface area (Å²) in [7, 11) is 2.35. The van der Waals surface area contributed by atoms with E-state index in [2.05, 4.69) is 4.99 Å². The Kier molecular flexibility index (Phi) is 5.74. The molecule has 0 radical (unpaired) electrons. The number of carbonyl (C=O) groups is 2. The summed E-state index contributed by atoms with van der Waals surface area (Å²) in [6.07, 6.45) is 0. The van der Waals surface area contributed by atoms with Crippen molar-refractivity contribution < 1.29 is 28.2 Å². The van der Waals surface area contributed by atoms with Crippen molar-refractivity contribution in [2.45, 2.75) is 12.8 Å². The number of methoxy groups -OCH3 is 2. The highest BCUT2D eigenvalue weighted by atomic mass is 19.1. The maximum Gasteiger partial charge on any atom is 0.338 e. The van der Waals surface area contributed by atoms with E-state index in [-0.39, 0.29) is 29.5 Å². The molecule has 1 heterocycles. The van der Waals surface area contributed by atoms with Crippen LogP contribution in [0.3, 0.4) is 0 Å². The van der Waals surface area contributed by atoms with Crippen LogP contribution in [-0.2, 0) is 23.8 Å². The molecule has 1 aliphatic rings. The highest BCUT2D eigenvalue weighted by Crippen LogP contribution is 2.40. The summed E-state index contributed by atoms with van der Waals surface area (Å²) < 4.78 is 29.4. The number of aliphatic imine (C=N–C) groups is 1. The number of ether oxygens (including phenoxy) is 3. The van der Waals surface area contributed by atoms with Gasteiger partial charge in [0.15, 0.2) is 0 Å². The van der Waals surface area contributed by atoms with E-state index < -0.39 is 29.6 Å². The van der Waals surface area contributed by atoms with Gasteiger partial charge in [-0.25, -0.2) is 9.18 Å². The smallest absolute Gasteiger partial charge is 0.338 e. The molecule has 2 rings (SSSR count). The Morgan fingerprint density at radius 2 is 1.92 bits per heavy atom. The molecule has 0 amide bonds. The largest absolute Gasteiger partial charge is 0.480 e. The van der Waals surface area contributed by atoms with Crippen LogP contribution in [0.25, 0.3) is 0 Å². The van der Waals surface area contributed by atoms with Crippen LogP contribution in [0.15, 0.2) is 40.7 Å². The van der Waals surface area contributed by atoms with E-state index in [9.17, 15) is 14.0 Å². The van der Waals surface area contributed by atoms with Crippen LogP contribution >= 0.6 is 0 Å². The molecule has 0 saturated heterocycles. The minimum absolute atomic E-state index is 0.0345. The lowest BCUT2D eigenvalue weighted by Gasteiger charge is -2.31.